The first kappa shape index (κ1) is 13.6. The van der Waals surface area contributed by atoms with Crippen LogP contribution in [-0.4, -0.2) is 31.3 Å². The molecule has 0 bridgehead atoms. The normalized spacial score (nSPS) is 11.6. The predicted molar refractivity (Wildman–Crippen MR) is 67.9 cm³/mol. The van der Waals surface area contributed by atoms with Gasteiger partial charge in [0.2, 0.25) is 0 Å². The van der Waals surface area contributed by atoms with Gasteiger partial charge in [0, 0.05) is 4.47 Å². The summed E-state index contributed by atoms with van der Waals surface area (Å²) in [5, 5.41) is 20.0. The van der Waals surface area contributed by atoms with Crippen LogP contribution in [-0.2, 0) is 10.3 Å². The van der Waals surface area contributed by atoms with Gasteiger partial charge in [-0.3, -0.25) is 0 Å². The molecule has 1 aromatic carbocycles. The summed E-state index contributed by atoms with van der Waals surface area (Å²) in [5.74, 6) is -1.60. The number of aliphatic carboxylic acids is 1. The molecule has 2 rings (SSSR count). The van der Waals surface area contributed by atoms with E-state index in [2.05, 4.69) is 31.5 Å². The van der Waals surface area contributed by atoms with Gasteiger partial charge >= 0.3 is 5.97 Å². The third-order valence-corrected chi connectivity index (χ3v) is 3.37. The molecule has 0 fully saturated rings. The van der Waals surface area contributed by atoms with Crippen LogP contribution in [0, 0.1) is 5.82 Å². The zero-order valence-corrected chi connectivity index (χ0v) is 11.7. The topological polar surface area (TPSA) is 80.9 Å². The maximum atomic E-state index is 13.9. The van der Waals surface area contributed by atoms with E-state index >= 15 is 0 Å². The summed E-state index contributed by atoms with van der Waals surface area (Å²) >= 11 is 3.21. The molecule has 0 atom stereocenters. The average molecular weight is 329 g/mol. The molecule has 2 aromatic rings. The van der Waals surface area contributed by atoms with Crippen molar-refractivity contribution in [3.63, 3.8) is 0 Å². The lowest BCUT2D eigenvalue weighted by Crippen LogP contribution is -2.37. The van der Waals surface area contributed by atoms with E-state index in [0.29, 0.717) is 4.47 Å². The molecule has 1 heterocycles. The first-order chi connectivity index (χ1) is 8.85. The predicted octanol–water partition coefficient (Wildman–Crippen LogP) is 2.06. The summed E-state index contributed by atoms with van der Waals surface area (Å²) in [5.41, 5.74) is -1.26. The van der Waals surface area contributed by atoms with E-state index in [-0.39, 0.29) is 11.4 Å². The molecule has 0 saturated carbocycles. The minimum absolute atomic E-state index is 0.0531. The highest BCUT2D eigenvalue weighted by Gasteiger charge is 2.34. The van der Waals surface area contributed by atoms with Gasteiger partial charge in [0.1, 0.15) is 5.82 Å². The van der Waals surface area contributed by atoms with Crippen LogP contribution in [0.25, 0.3) is 11.4 Å². The number of rotatable bonds is 3. The number of hydrogen-bond acceptors (Lipinski definition) is 4. The van der Waals surface area contributed by atoms with Gasteiger partial charge in [-0.1, -0.05) is 6.07 Å². The van der Waals surface area contributed by atoms with Crippen LogP contribution in [0.4, 0.5) is 4.39 Å². The standard InChI is InChI=1S/C11H10BrFN4O2/c1-11(2,10(18)19)17-9(14-15-16-17)8-6(12)4-3-5-7(8)13/h3-5H,1-2H3,(H,18,19). The number of benzene rings is 1. The van der Waals surface area contributed by atoms with Crippen molar-refractivity contribution in [3.05, 3.63) is 28.5 Å². The molecule has 0 spiro atoms. The second-order valence-corrected chi connectivity index (χ2v) is 5.23. The van der Waals surface area contributed by atoms with Crippen molar-refractivity contribution in [2.45, 2.75) is 19.4 Å². The van der Waals surface area contributed by atoms with Crippen LogP contribution in [0.15, 0.2) is 22.7 Å². The fourth-order valence-electron chi connectivity index (χ4n) is 1.52. The lowest BCUT2D eigenvalue weighted by atomic mass is 10.1. The number of hydrogen-bond donors (Lipinski definition) is 1. The van der Waals surface area contributed by atoms with Crippen LogP contribution < -0.4 is 0 Å². The van der Waals surface area contributed by atoms with E-state index in [9.17, 15) is 14.3 Å². The Morgan fingerprint density at radius 3 is 2.74 bits per heavy atom. The van der Waals surface area contributed by atoms with Crippen molar-refractivity contribution in [2.75, 3.05) is 0 Å². The Morgan fingerprint density at radius 2 is 2.16 bits per heavy atom. The molecule has 0 aliphatic heterocycles. The SMILES string of the molecule is CC(C)(C(=O)O)n1nnnc1-c1c(F)cccc1Br. The highest BCUT2D eigenvalue weighted by molar-refractivity contribution is 9.10. The summed E-state index contributed by atoms with van der Waals surface area (Å²) in [6, 6.07) is 4.41. The number of nitrogens with zero attached hydrogens (tertiary/aromatic N) is 4. The maximum absolute atomic E-state index is 13.9. The van der Waals surface area contributed by atoms with E-state index in [4.69, 9.17) is 0 Å². The Kier molecular flexibility index (Phi) is 3.36. The second-order valence-electron chi connectivity index (χ2n) is 4.38. The molecular formula is C11H10BrFN4O2. The molecule has 0 aliphatic rings. The summed E-state index contributed by atoms with van der Waals surface area (Å²) in [4.78, 5) is 11.3. The maximum Gasteiger partial charge on any atom is 0.331 e. The Balaban J connectivity index is 2.67. The molecule has 0 aliphatic carbocycles. The third-order valence-electron chi connectivity index (χ3n) is 2.71. The number of carboxylic acid groups (broad SMARTS) is 1. The van der Waals surface area contributed by atoms with E-state index in [1.165, 1.54) is 26.0 Å². The summed E-state index contributed by atoms with van der Waals surface area (Å²) in [6.07, 6.45) is 0. The summed E-state index contributed by atoms with van der Waals surface area (Å²) < 4.78 is 15.4. The Bertz CT molecular complexity index is 621. The van der Waals surface area contributed by atoms with Crippen LogP contribution in [0.2, 0.25) is 0 Å². The minimum atomic E-state index is -1.39. The molecule has 0 radical (unpaired) electrons. The van der Waals surface area contributed by atoms with Crippen molar-refractivity contribution in [1.29, 1.82) is 0 Å². The monoisotopic (exact) mass is 328 g/mol. The highest BCUT2D eigenvalue weighted by Crippen LogP contribution is 2.31. The number of halogens is 2. The number of aromatic nitrogens is 4. The largest absolute Gasteiger partial charge is 0.479 e. The van der Waals surface area contributed by atoms with Gasteiger partial charge in [0.15, 0.2) is 11.4 Å². The smallest absolute Gasteiger partial charge is 0.331 e. The summed E-state index contributed by atoms with van der Waals surface area (Å²) in [6.45, 7) is 2.87. The lowest BCUT2D eigenvalue weighted by Gasteiger charge is -2.20. The second kappa shape index (κ2) is 4.69. The average Bonchev–Trinajstić information content (AvgIpc) is 2.78. The van der Waals surface area contributed by atoms with Gasteiger partial charge < -0.3 is 5.11 Å². The Hall–Kier alpha value is -1.83. The van der Waals surface area contributed by atoms with E-state index in [1.807, 2.05) is 0 Å². The van der Waals surface area contributed by atoms with E-state index in [1.54, 1.807) is 6.07 Å². The van der Waals surface area contributed by atoms with Gasteiger partial charge in [-0.2, -0.15) is 0 Å². The Labute approximate surface area is 116 Å². The fraction of sp³-hybridized carbons (Fsp3) is 0.273. The Morgan fingerprint density at radius 1 is 1.47 bits per heavy atom. The van der Waals surface area contributed by atoms with Gasteiger partial charge in [-0.05, 0) is 52.3 Å². The van der Waals surface area contributed by atoms with Crippen molar-refractivity contribution < 1.29 is 14.3 Å². The lowest BCUT2D eigenvalue weighted by molar-refractivity contribution is -0.146. The molecule has 100 valence electrons. The van der Waals surface area contributed by atoms with Crippen LogP contribution >= 0.6 is 15.9 Å². The first-order valence-corrected chi connectivity index (χ1v) is 6.11. The summed E-state index contributed by atoms with van der Waals surface area (Å²) in [7, 11) is 0. The number of carboxylic acids is 1. The molecule has 19 heavy (non-hydrogen) atoms. The quantitative estimate of drug-likeness (QED) is 0.932. The van der Waals surface area contributed by atoms with Crippen LogP contribution in [0.3, 0.4) is 0 Å². The first-order valence-electron chi connectivity index (χ1n) is 5.32. The van der Waals surface area contributed by atoms with Crippen LogP contribution in [0.5, 0.6) is 0 Å². The van der Waals surface area contributed by atoms with Crippen molar-refractivity contribution in [1.82, 2.24) is 20.2 Å². The molecule has 0 amide bonds. The van der Waals surface area contributed by atoms with Crippen molar-refractivity contribution >= 4 is 21.9 Å². The van der Waals surface area contributed by atoms with E-state index in [0.717, 1.165) is 4.68 Å². The van der Waals surface area contributed by atoms with Crippen LogP contribution in [0.1, 0.15) is 13.8 Å². The van der Waals surface area contributed by atoms with Gasteiger partial charge in [0.25, 0.3) is 0 Å². The highest BCUT2D eigenvalue weighted by atomic mass is 79.9. The zero-order chi connectivity index (χ0) is 14.2. The van der Waals surface area contributed by atoms with E-state index < -0.39 is 17.3 Å². The van der Waals surface area contributed by atoms with Crippen molar-refractivity contribution in [2.24, 2.45) is 0 Å². The minimum Gasteiger partial charge on any atom is -0.479 e. The zero-order valence-electron chi connectivity index (χ0n) is 10.1. The molecule has 1 aromatic heterocycles. The number of carbonyl (C=O) groups is 1. The van der Waals surface area contributed by atoms with Gasteiger partial charge in [0.05, 0.1) is 5.56 Å². The molecule has 0 saturated heterocycles. The number of tetrazole rings is 1. The molecule has 1 N–H and O–H groups in total. The molecule has 0 unspecified atom stereocenters. The molecular weight excluding hydrogens is 319 g/mol. The molecule has 8 heteroatoms. The van der Waals surface area contributed by atoms with Gasteiger partial charge in [-0.15, -0.1) is 5.10 Å². The molecule has 6 nitrogen and oxygen atoms in total. The van der Waals surface area contributed by atoms with Gasteiger partial charge in [-0.25, -0.2) is 13.9 Å². The van der Waals surface area contributed by atoms with Crippen molar-refractivity contribution in [3.8, 4) is 11.4 Å². The fourth-order valence-corrected chi connectivity index (χ4v) is 2.04. The third kappa shape index (κ3) is 2.23.